The van der Waals surface area contributed by atoms with Gasteiger partial charge in [-0.25, -0.2) is 0 Å². The molecule has 1 unspecified atom stereocenters. The molecule has 0 aliphatic carbocycles. The molecule has 0 aliphatic rings. The van der Waals surface area contributed by atoms with Crippen molar-refractivity contribution in [3.05, 3.63) is 34.9 Å². The van der Waals surface area contributed by atoms with Crippen LogP contribution in [-0.2, 0) is 4.79 Å². The van der Waals surface area contributed by atoms with Crippen molar-refractivity contribution in [1.82, 2.24) is 10.6 Å². The minimum Gasteiger partial charge on any atom is -0.353 e. The summed E-state index contributed by atoms with van der Waals surface area (Å²) in [6, 6.07) is 6.78. The summed E-state index contributed by atoms with van der Waals surface area (Å²) < 4.78 is 0. The maximum absolute atomic E-state index is 11.6. The van der Waals surface area contributed by atoms with Crippen LogP contribution in [0.15, 0.2) is 18.2 Å². The van der Waals surface area contributed by atoms with Crippen molar-refractivity contribution >= 4 is 5.91 Å². The van der Waals surface area contributed by atoms with Gasteiger partial charge in [0.25, 0.3) is 0 Å². The molecule has 0 saturated carbocycles. The van der Waals surface area contributed by atoms with E-state index in [1.165, 1.54) is 16.7 Å². The fourth-order valence-corrected chi connectivity index (χ4v) is 1.96. The molecule has 0 heterocycles. The number of carbonyl (C=O) groups excluding carboxylic acids is 1. The molecule has 0 spiro atoms. The number of benzene rings is 1. The molecule has 0 bridgehead atoms. The summed E-state index contributed by atoms with van der Waals surface area (Å²) in [6.07, 6.45) is 0. The third kappa shape index (κ3) is 4.49. The summed E-state index contributed by atoms with van der Waals surface area (Å²) in [6.45, 7) is 10.6. The van der Waals surface area contributed by atoms with Gasteiger partial charge in [-0.3, -0.25) is 4.79 Å². The van der Waals surface area contributed by atoms with E-state index in [1.54, 1.807) is 0 Å². The van der Waals surface area contributed by atoms with Crippen molar-refractivity contribution in [3.63, 3.8) is 0 Å². The van der Waals surface area contributed by atoms with Gasteiger partial charge >= 0.3 is 0 Å². The van der Waals surface area contributed by atoms with Crippen LogP contribution in [0.25, 0.3) is 0 Å². The van der Waals surface area contributed by atoms with Crippen LogP contribution >= 0.6 is 0 Å². The van der Waals surface area contributed by atoms with Crippen LogP contribution in [0.4, 0.5) is 0 Å². The van der Waals surface area contributed by atoms with Gasteiger partial charge < -0.3 is 10.6 Å². The fourth-order valence-electron chi connectivity index (χ4n) is 1.96. The molecule has 2 N–H and O–H groups in total. The smallest absolute Gasteiger partial charge is 0.234 e. The second-order valence-corrected chi connectivity index (χ2v) is 5.18. The lowest BCUT2D eigenvalue weighted by molar-refractivity contribution is -0.120. The molecule has 3 nitrogen and oxygen atoms in total. The summed E-state index contributed by atoms with van der Waals surface area (Å²) in [4.78, 5) is 11.6. The molecule has 1 amide bonds. The van der Waals surface area contributed by atoms with E-state index < -0.39 is 0 Å². The van der Waals surface area contributed by atoms with E-state index in [0.29, 0.717) is 6.54 Å². The molecule has 3 heteroatoms. The number of hydrogen-bond donors (Lipinski definition) is 2. The van der Waals surface area contributed by atoms with Crippen molar-refractivity contribution in [2.24, 2.45) is 0 Å². The van der Waals surface area contributed by atoms with Crippen LogP contribution in [0.3, 0.4) is 0 Å². The Morgan fingerprint density at radius 3 is 2.50 bits per heavy atom. The predicted molar refractivity (Wildman–Crippen MR) is 75.6 cm³/mol. The van der Waals surface area contributed by atoms with Crippen molar-refractivity contribution in [2.45, 2.75) is 46.7 Å². The highest BCUT2D eigenvalue weighted by molar-refractivity contribution is 5.78. The largest absolute Gasteiger partial charge is 0.353 e. The quantitative estimate of drug-likeness (QED) is 0.840. The second-order valence-electron chi connectivity index (χ2n) is 5.18. The van der Waals surface area contributed by atoms with Crippen molar-refractivity contribution in [3.8, 4) is 0 Å². The zero-order valence-electron chi connectivity index (χ0n) is 12.0. The van der Waals surface area contributed by atoms with Crippen LogP contribution in [0.2, 0.25) is 0 Å². The second kappa shape index (κ2) is 6.55. The Kier molecular flexibility index (Phi) is 5.35. The Bertz CT molecular complexity index is 413. The first-order chi connectivity index (χ1) is 8.40. The normalized spacial score (nSPS) is 12.6. The minimum atomic E-state index is 0.0437. The summed E-state index contributed by atoms with van der Waals surface area (Å²) >= 11 is 0. The Morgan fingerprint density at radius 2 is 1.89 bits per heavy atom. The van der Waals surface area contributed by atoms with Gasteiger partial charge in [0.2, 0.25) is 5.91 Å². The molecular formula is C15H24N2O. The maximum atomic E-state index is 11.6. The van der Waals surface area contributed by atoms with Crippen LogP contribution in [0.5, 0.6) is 0 Å². The maximum Gasteiger partial charge on any atom is 0.234 e. The van der Waals surface area contributed by atoms with Gasteiger partial charge in [-0.1, -0.05) is 23.8 Å². The molecular weight excluding hydrogens is 224 g/mol. The standard InChI is InChI=1S/C15H24N2O/c1-10(2)17-15(18)9-16-13(5)14-8-11(3)6-7-12(14)4/h6-8,10,13,16H,9H2,1-5H3,(H,17,18). The first kappa shape index (κ1) is 14.7. The summed E-state index contributed by atoms with van der Waals surface area (Å²) in [5.74, 6) is 0.0437. The molecule has 1 rings (SSSR count). The molecule has 0 saturated heterocycles. The van der Waals surface area contributed by atoms with Gasteiger partial charge in [0.1, 0.15) is 0 Å². The van der Waals surface area contributed by atoms with Crippen molar-refractivity contribution in [2.75, 3.05) is 6.54 Å². The van der Waals surface area contributed by atoms with E-state index in [0.717, 1.165) is 0 Å². The van der Waals surface area contributed by atoms with Gasteiger partial charge in [0, 0.05) is 12.1 Å². The highest BCUT2D eigenvalue weighted by Gasteiger charge is 2.10. The molecule has 0 fully saturated rings. The van der Waals surface area contributed by atoms with Gasteiger partial charge in [-0.05, 0) is 45.7 Å². The Labute approximate surface area is 110 Å². The molecule has 1 aromatic rings. The van der Waals surface area contributed by atoms with Crippen molar-refractivity contribution in [1.29, 1.82) is 0 Å². The first-order valence-corrected chi connectivity index (χ1v) is 6.50. The van der Waals surface area contributed by atoms with Crippen LogP contribution in [0, 0.1) is 13.8 Å². The monoisotopic (exact) mass is 248 g/mol. The Hall–Kier alpha value is -1.35. The van der Waals surface area contributed by atoms with Gasteiger partial charge in [-0.15, -0.1) is 0 Å². The number of carbonyl (C=O) groups is 1. The van der Waals surface area contributed by atoms with E-state index in [4.69, 9.17) is 0 Å². The fraction of sp³-hybridized carbons (Fsp3) is 0.533. The van der Waals surface area contributed by atoms with Gasteiger partial charge in [0.05, 0.1) is 6.54 Å². The zero-order valence-corrected chi connectivity index (χ0v) is 12.0. The first-order valence-electron chi connectivity index (χ1n) is 6.50. The molecule has 1 atom stereocenters. The van der Waals surface area contributed by atoms with Crippen molar-refractivity contribution < 1.29 is 4.79 Å². The average Bonchev–Trinajstić information content (AvgIpc) is 2.28. The lowest BCUT2D eigenvalue weighted by Crippen LogP contribution is -2.38. The number of nitrogens with one attached hydrogen (secondary N) is 2. The SMILES string of the molecule is Cc1ccc(C)c(C(C)NCC(=O)NC(C)C)c1. The Balaban J connectivity index is 2.57. The number of hydrogen-bond acceptors (Lipinski definition) is 2. The minimum absolute atomic E-state index is 0.0437. The predicted octanol–water partition coefficient (Wildman–Crippen LogP) is 2.48. The molecule has 1 aromatic carbocycles. The van der Waals surface area contributed by atoms with Crippen LogP contribution in [-0.4, -0.2) is 18.5 Å². The van der Waals surface area contributed by atoms with E-state index in [-0.39, 0.29) is 18.0 Å². The van der Waals surface area contributed by atoms with Gasteiger partial charge in [-0.2, -0.15) is 0 Å². The van der Waals surface area contributed by atoms with Crippen LogP contribution in [0.1, 0.15) is 43.5 Å². The lowest BCUT2D eigenvalue weighted by Gasteiger charge is -2.17. The summed E-state index contributed by atoms with van der Waals surface area (Å²) in [7, 11) is 0. The highest BCUT2D eigenvalue weighted by Crippen LogP contribution is 2.18. The number of amides is 1. The van der Waals surface area contributed by atoms with E-state index in [9.17, 15) is 4.79 Å². The van der Waals surface area contributed by atoms with Crippen LogP contribution < -0.4 is 10.6 Å². The van der Waals surface area contributed by atoms with E-state index in [2.05, 4.69) is 49.6 Å². The molecule has 0 aromatic heterocycles. The summed E-state index contributed by atoms with van der Waals surface area (Å²) in [5.41, 5.74) is 3.76. The average molecular weight is 248 g/mol. The molecule has 18 heavy (non-hydrogen) atoms. The molecule has 0 aliphatic heterocycles. The highest BCUT2D eigenvalue weighted by atomic mass is 16.1. The third-order valence-electron chi connectivity index (χ3n) is 2.92. The third-order valence-corrected chi connectivity index (χ3v) is 2.92. The number of aryl methyl sites for hydroxylation is 2. The van der Waals surface area contributed by atoms with Gasteiger partial charge in [0.15, 0.2) is 0 Å². The lowest BCUT2D eigenvalue weighted by atomic mass is 10.00. The zero-order chi connectivity index (χ0) is 13.7. The topological polar surface area (TPSA) is 41.1 Å². The Morgan fingerprint density at radius 1 is 1.22 bits per heavy atom. The van der Waals surface area contributed by atoms with E-state index >= 15 is 0 Å². The molecule has 0 radical (unpaired) electrons. The summed E-state index contributed by atoms with van der Waals surface area (Å²) in [5, 5.41) is 6.13. The van der Waals surface area contributed by atoms with E-state index in [1.807, 2.05) is 13.8 Å². The molecule has 100 valence electrons. The number of rotatable bonds is 5.